The number of carbonyl (C=O) groups is 6. The van der Waals surface area contributed by atoms with Gasteiger partial charge >= 0.3 is 35.8 Å². The average Bonchev–Trinajstić information content (AvgIpc) is 4.13. The Balaban J connectivity index is 0.912. The van der Waals surface area contributed by atoms with Crippen molar-refractivity contribution in [2.45, 2.75) is 122 Å². The van der Waals surface area contributed by atoms with Gasteiger partial charge in [0.25, 0.3) is 0 Å². The number of hydrogen-bond donors (Lipinski definition) is 0. The Morgan fingerprint density at radius 3 is 1.46 bits per heavy atom. The smallest absolute Gasteiger partial charge is 0.330 e. The Hall–Kier alpha value is -8.37. The summed E-state index contributed by atoms with van der Waals surface area (Å²) in [5, 5.41) is 16.5. The first-order valence-corrected chi connectivity index (χ1v) is 29.9. The van der Waals surface area contributed by atoms with Crippen molar-refractivity contribution in [3.63, 3.8) is 0 Å². The fourth-order valence-electron chi connectivity index (χ4n) is 9.64. The number of carbonyl (C=O) groups excluding carboxylic acids is 6. The molecule has 0 N–H and O–H groups in total. The predicted octanol–water partition coefficient (Wildman–Crippen LogP) is 12.8. The van der Waals surface area contributed by atoms with Crippen LogP contribution in [-0.4, -0.2) is 80.0 Å². The Morgan fingerprint density at radius 1 is 0.548 bits per heavy atom. The molecule has 5 aromatic rings. The first-order chi connectivity index (χ1) is 41.0. The summed E-state index contributed by atoms with van der Waals surface area (Å²) >= 11 is 1.47. The molecule has 1 heterocycles. The minimum atomic E-state index is -0.489. The summed E-state index contributed by atoms with van der Waals surface area (Å²) in [4.78, 5) is 81.4. The molecule has 0 saturated heterocycles. The molecule has 7 rings (SSSR count). The van der Waals surface area contributed by atoms with E-state index in [9.17, 15) is 34.0 Å². The van der Waals surface area contributed by atoms with Gasteiger partial charge in [0.05, 0.1) is 72.6 Å². The van der Waals surface area contributed by atoms with Gasteiger partial charge < -0.3 is 37.9 Å². The topological polar surface area (TPSA) is 229 Å². The maximum Gasteiger partial charge on any atom is 0.330 e. The van der Waals surface area contributed by atoms with Gasteiger partial charge in [-0.3, -0.25) is 19.2 Å². The molecule has 0 spiro atoms. The van der Waals surface area contributed by atoms with Gasteiger partial charge in [0.1, 0.15) is 34.5 Å². The van der Waals surface area contributed by atoms with Crippen LogP contribution < -0.4 is 33.4 Å². The third-order valence-corrected chi connectivity index (χ3v) is 15.5. The van der Waals surface area contributed by atoms with Gasteiger partial charge in [-0.15, -0.1) is 0 Å². The summed E-state index contributed by atoms with van der Waals surface area (Å²) in [7, 11) is 0. The number of hydrazone groups is 1. The molecule has 18 nitrogen and oxygen atoms in total. The van der Waals surface area contributed by atoms with E-state index in [0.29, 0.717) is 137 Å². The number of ether oxygens (including phenoxy) is 8. The number of anilines is 1. The van der Waals surface area contributed by atoms with E-state index in [1.165, 1.54) is 11.3 Å². The molecule has 84 heavy (non-hydrogen) atoms. The quantitative estimate of drug-likeness (QED) is 0.00949. The normalized spacial score (nSPS) is 16.6. The van der Waals surface area contributed by atoms with E-state index in [-0.39, 0.29) is 23.4 Å². The summed E-state index contributed by atoms with van der Waals surface area (Å²) in [6, 6.07) is 28.5. The van der Waals surface area contributed by atoms with Gasteiger partial charge in [-0.05, 0) is 194 Å². The summed E-state index contributed by atoms with van der Waals surface area (Å²) < 4.78 is 46.2. The molecule has 2 fully saturated rings. The minimum Gasteiger partial charge on any atom is -0.494 e. The Kier molecular flexibility index (Phi) is 25.8. The molecule has 0 unspecified atom stereocenters. The maximum atomic E-state index is 13.9. The van der Waals surface area contributed by atoms with Crippen molar-refractivity contribution < 1.29 is 66.7 Å². The van der Waals surface area contributed by atoms with Gasteiger partial charge in [0, 0.05) is 30.7 Å². The highest BCUT2D eigenvalue weighted by Crippen LogP contribution is 2.36. The molecule has 1 aromatic heterocycles. The monoisotopic (exact) mass is 1170 g/mol. The third kappa shape index (κ3) is 20.8. The van der Waals surface area contributed by atoms with Crippen molar-refractivity contribution in [3.05, 3.63) is 122 Å². The van der Waals surface area contributed by atoms with Gasteiger partial charge in [-0.25, -0.2) is 19.6 Å². The minimum absolute atomic E-state index is 0.199. The van der Waals surface area contributed by atoms with Crippen molar-refractivity contribution in [1.82, 2.24) is 4.98 Å². The number of benzene rings is 4. The van der Waals surface area contributed by atoms with Gasteiger partial charge in [0.15, 0.2) is 0 Å². The summed E-state index contributed by atoms with van der Waals surface area (Å²) in [6.45, 7) is 9.01. The van der Waals surface area contributed by atoms with Crippen LogP contribution in [0.3, 0.4) is 0 Å². The van der Waals surface area contributed by atoms with E-state index in [1.807, 2.05) is 24.3 Å². The zero-order valence-electron chi connectivity index (χ0n) is 47.5. The standard InChI is InChI=1S/C65H74N4O14S/c1-3-59(70)78-42-16-7-5-14-40-76-51-28-32-53(33-29-51)80-61(72)46-20-22-48(23-21-46)63(74)82-55-36-37-57(50(44-55)45-67-69(39-13-9-12-38-66)65-68-56-18-10-11-19-58(56)84-65)83-64(75)49-26-24-47(25-27-49)62(73)81-54-34-30-52(31-35-54)77-41-15-6-8-17-43-79-60(71)4-2/h3-4,10-11,18-19,28-37,44-49H,1-2,5-9,12-17,20-27,39-43H2/b67-45+. The largest absolute Gasteiger partial charge is 0.494 e. The first kappa shape index (κ1) is 63.2. The second-order valence-electron chi connectivity index (χ2n) is 20.6. The molecule has 4 aromatic carbocycles. The zero-order chi connectivity index (χ0) is 59.3. The lowest BCUT2D eigenvalue weighted by molar-refractivity contribution is -0.145. The number of esters is 6. The third-order valence-electron chi connectivity index (χ3n) is 14.5. The van der Waals surface area contributed by atoms with Crippen LogP contribution in [0.15, 0.2) is 121 Å². The lowest BCUT2D eigenvalue weighted by Gasteiger charge is -2.26. The van der Waals surface area contributed by atoms with Crippen LogP contribution in [0.2, 0.25) is 0 Å². The van der Waals surface area contributed by atoms with Gasteiger partial charge in [-0.2, -0.15) is 10.4 Å². The van der Waals surface area contributed by atoms with Crippen LogP contribution in [0, 0.1) is 35.0 Å². The summed E-state index contributed by atoms with van der Waals surface area (Å²) in [5.74, 6) is -1.70. The lowest BCUT2D eigenvalue weighted by Crippen LogP contribution is -2.30. The van der Waals surface area contributed by atoms with Gasteiger partial charge in [0.2, 0.25) is 5.13 Å². The number of aromatic nitrogens is 1. The number of nitriles is 1. The number of rotatable bonds is 33. The SMILES string of the molecule is C=CC(=O)OCCCCCCOc1ccc(OC(=O)C2CCC(C(=O)Oc3ccc(OC(=O)C4CCC(C(=O)Oc5ccc(OCCCCCCOC(=O)C=C)cc5)CC4)c(/C=N/N(CCCCC#N)c4nc5ccccc5s4)c3)CC2)cc1. The average molecular weight is 1170 g/mol. The fraction of sp³-hybridized carbons (Fsp3) is 0.431. The molecular formula is C65H74N4O14S. The zero-order valence-corrected chi connectivity index (χ0v) is 48.3. The first-order valence-electron chi connectivity index (χ1n) is 29.1. The van der Waals surface area contributed by atoms with Crippen molar-refractivity contribution in [2.24, 2.45) is 28.8 Å². The molecule has 0 atom stereocenters. The number of unbranched alkanes of at least 4 members (excludes halogenated alkanes) is 8. The van der Waals surface area contributed by atoms with Crippen molar-refractivity contribution >= 4 is 68.7 Å². The van der Waals surface area contributed by atoms with Gasteiger partial charge in [-0.1, -0.05) is 36.6 Å². The number of nitrogens with zero attached hydrogens (tertiary/aromatic N) is 4. The molecule has 2 aliphatic rings. The second kappa shape index (κ2) is 34.3. The summed E-state index contributed by atoms with van der Waals surface area (Å²) in [6.07, 6.45) is 15.8. The van der Waals surface area contributed by atoms with Crippen LogP contribution in [-0.2, 0) is 38.2 Å². The highest BCUT2D eigenvalue weighted by atomic mass is 32.1. The molecule has 444 valence electrons. The van der Waals surface area contributed by atoms with Crippen molar-refractivity contribution in [3.8, 4) is 40.6 Å². The van der Waals surface area contributed by atoms with E-state index < -0.39 is 47.5 Å². The molecule has 0 bridgehead atoms. The predicted molar refractivity (Wildman–Crippen MR) is 317 cm³/mol. The Bertz CT molecular complexity index is 3010. The molecular weight excluding hydrogens is 1090 g/mol. The van der Waals surface area contributed by atoms with Crippen LogP contribution in [0.25, 0.3) is 10.2 Å². The lowest BCUT2D eigenvalue weighted by atomic mass is 9.82. The Labute approximate surface area is 494 Å². The molecule has 0 radical (unpaired) electrons. The van der Waals surface area contributed by atoms with E-state index in [1.54, 1.807) is 78.0 Å². The number of fused-ring (bicyclic) bond motifs is 1. The van der Waals surface area contributed by atoms with Crippen LogP contribution >= 0.6 is 11.3 Å². The van der Waals surface area contributed by atoms with E-state index in [4.69, 9.17) is 48.0 Å². The molecule has 2 saturated carbocycles. The highest BCUT2D eigenvalue weighted by Gasteiger charge is 2.34. The summed E-state index contributed by atoms with van der Waals surface area (Å²) in [5.41, 5.74) is 1.18. The van der Waals surface area contributed by atoms with Crippen LogP contribution in [0.5, 0.6) is 34.5 Å². The fourth-order valence-corrected chi connectivity index (χ4v) is 10.6. The number of para-hydroxylation sites is 1. The number of hydrogen-bond acceptors (Lipinski definition) is 19. The van der Waals surface area contributed by atoms with Crippen LogP contribution in [0.4, 0.5) is 5.13 Å². The highest BCUT2D eigenvalue weighted by molar-refractivity contribution is 7.22. The molecule has 2 aliphatic carbocycles. The van der Waals surface area contributed by atoms with E-state index in [0.717, 1.165) is 73.7 Å². The van der Waals surface area contributed by atoms with Crippen molar-refractivity contribution in [1.29, 1.82) is 5.26 Å². The van der Waals surface area contributed by atoms with E-state index in [2.05, 4.69) is 19.2 Å². The van der Waals surface area contributed by atoms with Crippen molar-refractivity contribution in [2.75, 3.05) is 38.0 Å². The molecule has 19 heteroatoms. The Morgan fingerprint density at radius 2 is 0.988 bits per heavy atom. The van der Waals surface area contributed by atoms with E-state index >= 15 is 0 Å². The second-order valence-corrected chi connectivity index (χ2v) is 21.6. The molecule has 0 amide bonds. The maximum absolute atomic E-state index is 13.9. The van der Waals surface area contributed by atoms with Crippen LogP contribution in [0.1, 0.15) is 128 Å². The number of thiazole rings is 1. The molecule has 0 aliphatic heterocycles.